The monoisotopic (exact) mass is 379 g/mol. The van der Waals surface area contributed by atoms with Gasteiger partial charge in [-0.25, -0.2) is 9.40 Å². The Labute approximate surface area is 165 Å². The zero-order valence-corrected chi connectivity index (χ0v) is 16.5. The number of carbonyl (C=O) groups excluding carboxylic acids is 1. The average Bonchev–Trinajstić information content (AvgIpc) is 3.32. The van der Waals surface area contributed by atoms with E-state index in [4.69, 9.17) is 5.10 Å². The van der Waals surface area contributed by atoms with Crippen molar-refractivity contribution in [1.29, 1.82) is 0 Å². The molecule has 5 heteroatoms. The Morgan fingerprint density at radius 1 is 1.14 bits per heavy atom. The van der Waals surface area contributed by atoms with Gasteiger partial charge in [-0.15, -0.1) is 0 Å². The van der Waals surface area contributed by atoms with Gasteiger partial charge in [0.1, 0.15) is 5.82 Å². The smallest absolute Gasteiger partial charge is 0.257 e. The van der Waals surface area contributed by atoms with Gasteiger partial charge in [0.05, 0.1) is 18.3 Å². The molecule has 4 rings (SSSR count). The fourth-order valence-corrected chi connectivity index (χ4v) is 4.23. The van der Waals surface area contributed by atoms with E-state index in [1.807, 2.05) is 6.07 Å². The quantitative estimate of drug-likeness (QED) is 0.798. The number of benzene rings is 2. The first-order valence-corrected chi connectivity index (χ1v) is 9.97. The number of halogens is 1. The van der Waals surface area contributed by atoms with E-state index in [-0.39, 0.29) is 11.7 Å². The minimum Gasteiger partial charge on any atom is -0.294 e. The molecule has 0 bridgehead atoms. The highest BCUT2D eigenvalue weighted by Gasteiger charge is 2.35. The summed E-state index contributed by atoms with van der Waals surface area (Å²) in [5.41, 5.74) is 4.72. The molecule has 1 fully saturated rings. The van der Waals surface area contributed by atoms with Gasteiger partial charge in [0.2, 0.25) is 0 Å². The van der Waals surface area contributed by atoms with E-state index < -0.39 is 6.04 Å². The number of aryl methyl sites for hydroxylation is 2. The molecule has 1 unspecified atom stereocenters. The Morgan fingerprint density at radius 3 is 2.61 bits per heavy atom. The molecular weight excluding hydrogens is 353 g/mol. The lowest BCUT2D eigenvalue weighted by Crippen LogP contribution is -2.37. The minimum atomic E-state index is -0.396. The van der Waals surface area contributed by atoms with Crippen molar-refractivity contribution in [1.82, 2.24) is 9.91 Å². The summed E-state index contributed by atoms with van der Waals surface area (Å²) < 4.78 is 14.5. The van der Waals surface area contributed by atoms with Crippen LogP contribution in [0.3, 0.4) is 0 Å². The Bertz CT molecular complexity index is 918. The molecule has 1 amide bonds. The van der Waals surface area contributed by atoms with Crippen molar-refractivity contribution in [3.63, 3.8) is 0 Å². The van der Waals surface area contributed by atoms with Crippen LogP contribution in [0, 0.1) is 19.7 Å². The standard InChI is InChI=1S/C23H26FN3O/c1-16-9-10-18(17(2)13-16)21-14-22(19-7-3-4-8-20(19)24)27(25-21)23(28)15-26-11-5-6-12-26/h3-4,7-10,13,22H,5-6,11-12,14-15H2,1-2H3. The van der Waals surface area contributed by atoms with E-state index in [1.54, 1.807) is 12.1 Å². The van der Waals surface area contributed by atoms with Gasteiger partial charge in [-0.1, -0.05) is 42.0 Å². The van der Waals surface area contributed by atoms with Gasteiger partial charge in [0.25, 0.3) is 5.91 Å². The number of likely N-dealkylation sites (tertiary alicyclic amines) is 1. The van der Waals surface area contributed by atoms with Crippen molar-refractivity contribution in [2.45, 2.75) is 39.2 Å². The first-order valence-electron chi connectivity index (χ1n) is 9.97. The van der Waals surface area contributed by atoms with Crippen molar-refractivity contribution in [3.8, 4) is 0 Å². The van der Waals surface area contributed by atoms with Crippen LogP contribution < -0.4 is 0 Å². The van der Waals surface area contributed by atoms with Gasteiger partial charge < -0.3 is 0 Å². The molecule has 0 spiro atoms. The van der Waals surface area contributed by atoms with Gasteiger partial charge in [0, 0.05) is 17.5 Å². The Balaban J connectivity index is 1.67. The second kappa shape index (κ2) is 7.84. The number of nitrogens with zero attached hydrogens (tertiary/aromatic N) is 3. The molecule has 0 saturated carbocycles. The van der Waals surface area contributed by atoms with Gasteiger partial charge in [-0.3, -0.25) is 9.69 Å². The molecule has 0 radical (unpaired) electrons. The van der Waals surface area contributed by atoms with Crippen LogP contribution in [0.2, 0.25) is 0 Å². The third-order valence-electron chi connectivity index (χ3n) is 5.68. The molecule has 2 aliphatic rings. The summed E-state index contributed by atoms with van der Waals surface area (Å²) >= 11 is 0. The van der Waals surface area contributed by atoms with Crippen molar-refractivity contribution in [3.05, 3.63) is 70.5 Å². The summed E-state index contributed by atoms with van der Waals surface area (Å²) in [7, 11) is 0. The number of rotatable bonds is 4. The summed E-state index contributed by atoms with van der Waals surface area (Å²) in [5, 5.41) is 6.22. The first-order chi connectivity index (χ1) is 13.5. The molecule has 0 N–H and O–H groups in total. The minimum absolute atomic E-state index is 0.0603. The van der Waals surface area contributed by atoms with E-state index in [2.05, 4.69) is 36.9 Å². The predicted molar refractivity (Wildman–Crippen MR) is 109 cm³/mol. The molecule has 2 aromatic carbocycles. The summed E-state index contributed by atoms with van der Waals surface area (Å²) in [6, 6.07) is 12.5. The first kappa shape index (κ1) is 18.8. The van der Waals surface area contributed by atoms with Gasteiger partial charge in [-0.05, 0) is 51.4 Å². The number of hydrogen-bond donors (Lipinski definition) is 0. The van der Waals surface area contributed by atoms with Gasteiger partial charge >= 0.3 is 0 Å². The third kappa shape index (κ3) is 3.72. The van der Waals surface area contributed by atoms with Gasteiger partial charge in [-0.2, -0.15) is 5.10 Å². The third-order valence-corrected chi connectivity index (χ3v) is 5.68. The van der Waals surface area contributed by atoms with Crippen LogP contribution in [0.5, 0.6) is 0 Å². The lowest BCUT2D eigenvalue weighted by molar-refractivity contribution is -0.134. The van der Waals surface area contributed by atoms with E-state index >= 15 is 0 Å². The lowest BCUT2D eigenvalue weighted by atomic mass is 9.95. The molecule has 4 nitrogen and oxygen atoms in total. The SMILES string of the molecule is Cc1ccc(C2=NN(C(=O)CN3CCCC3)C(c3ccccc3F)C2)c(C)c1. The summed E-state index contributed by atoms with van der Waals surface area (Å²) in [4.78, 5) is 15.2. The summed E-state index contributed by atoms with van der Waals surface area (Å²) in [5.74, 6) is -0.349. The predicted octanol–water partition coefficient (Wildman–Crippen LogP) is 4.22. The van der Waals surface area contributed by atoms with Crippen LogP contribution in [0.15, 0.2) is 47.6 Å². The fraction of sp³-hybridized carbons (Fsp3) is 0.391. The van der Waals surface area contributed by atoms with Crippen molar-refractivity contribution < 1.29 is 9.18 Å². The largest absolute Gasteiger partial charge is 0.294 e. The molecular formula is C23H26FN3O. The highest BCUT2D eigenvalue weighted by molar-refractivity contribution is 6.04. The molecule has 2 aliphatic heterocycles. The van der Waals surface area contributed by atoms with Crippen LogP contribution in [-0.4, -0.2) is 41.2 Å². The molecule has 146 valence electrons. The number of hydrazone groups is 1. The van der Waals surface area contributed by atoms with E-state index in [0.29, 0.717) is 18.5 Å². The number of hydrogen-bond acceptors (Lipinski definition) is 3. The highest BCUT2D eigenvalue weighted by atomic mass is 19.1. The van der Waals surface area contributed by atoms with Crippen molar-refractivity contribution >= 4 is 11.6 Å². The zero-order chi connectivity index (χ0) is 19.7. The van der Waals surface area contributed by atoms with Crippen LogP contribution in [0.4, 0.5) is 4.39 Å². The van der Waals surface area contributed by atoms with Crippen molar-refractivity contribution in [2.75, 3.05) is 19.6 Å². The van der Waals surface area contributed by atoms with E-state index in [9.17, 15) is 9.18 Å². The van der Waals surface area contributed by atoms with Crippen LogP contribution in [0.1, 0.15) is 47.6 Å². The molecule has 0 aliphatic carbocycles. The molecule has 2 aromatic rings. The fourth-order valence-electron chi connectivity index (χ4n) is 4.23. The second-order valence-electron chi connectivity index (χ2n) is 7.83. The summed E-state index contributed by atoms with van der Waals surface area (Å²) in [6.07, 6.45) is 2.78. The van der Waals surface area contributed by atoms with Crippen LogP contribution in [0.25, 0.3) is 0 Å². The maximum Gasteiger partial charge on any atom is 0.257 e. The molecule has 2 heterocycles. The summed E-state index contributed by atoms with van der Waals surface area (Å²) in [6.45, 7) is 6.34. The van der Waals surface area contributed by atoms with E-state index in [1.165, 1.54) is 16.6 Å². The Hall–Kier alpha value is -2.53. The molecule has 1 saturated heterocycles. The second-order valence-corrected chi connectivity index (χ2v) is 7.83. The van der Waals surface area contributed by atoms with E-state index in [0.717, 1.165) is 42.8 Å². The normalized spacial score (nSPS) is 19.9. The highest BCUT2D eigenvalue weighted by Crippen LogP contribution is 2.35. The topological polar surface area (TPSA) is 35.9 Å². The van der Waals surface area contributed by atoms with Crippen molar-refractivity contribution in [2.24, 2.45) is 5.10 Å². The Kier molecular flexibility index (Phi) is 5.27. The molecule has 28 heavy (non-hydrogen) atoms. The maximum atomic E-state index is 14.5. The lowest BCUT2D eigenvalue weighted by Gasteiger charge is -2.24. The average molecular weight is 379 g/mol. The Morgan fingerprint density at radius 2 is 1.89 bits per heavy atom. The van der Waals surface area contributed by atoms with Crippen LogP contribution >= 0.6 is 0 Å². The number of amides is 1. The van der Waals surface area contributed by atoms with Crippen LogP contribution in [-0.2, 0) is 4.79 Å². The zero-order valence-electron chi connectivity index (χ0n) is 16.5. The van der Waals surface area contributed by atoms with Gasteiger partial charge in [0.15, 0.2) is 0 Å². The maximum absolute atomic E-state index is 14.5. The molecule has 0 aromatic heterocycles. The number of carbonyl (C=O) groups is 1. The molecule has 1 atom stereocenters.